The molecule has 0 bridgehead atoms. The molecule has 0 fully saturated rings. The summed E-state index contributed by atoms with van der Waals surface area (Å²) in [5.74, 6) is -0.278. The Morgan fingerprint density at radius 1 is 1.10 bits per heavy atom. The minimum absolute atomic E-state index is 0.0422. The third-order valence-electron chi connectivity index (χ3n) is 2.50. The third-order valence-corrected chi connectivity index (χ3v) is 3.28. The van der Waals surface area contributed by atoms with Crippen molar-refractivity contribution in [3.05, 3.63) is 62.3 Å². The zero-order valence-electron chi connectivity index (χ0n) is 9.96. The lowest BCUT2D eigenvalue weighted by Crippen LogP contribution is -1.98. The number of nitriles is 1. The van der Waals surface area contributed by atoms with Crippen molar-refractivity contribution in [2.24, 2.45) is 0 Å². The largest absolute Gasteiger partial charge is 0.486 e. The Hall–Kier alpha value is -1.47. The van der Waals surface area contributed by atoms with Crippen LogP contribution in [-0.4, -0.2) is 0 Å². The molecule has 2 nitrogen and oxygen atoms in total. The van der Waals surface area contributed by atoms with Gasteiger partial charge in [-0.15, -0.1) is 0 Å². The Bertz CT molecular complexity index is 674. The number of ether oxygens (including phenoxy) is 1. The second kappa shape index (κ2) is 6.32. The number of halogens is 4. The molecule has 0 saturated carbocycles. The normalized spacial score (nSPS) is 10.2. The monoisotopic (exact) mass is 329 g/mol. The SMILES string of the molecule is N#Cc1cc(COc2c(Cl)cc(Cl)cc2Cl)ccc1F. The van der Waals surface area contributed by atoms with Gasteiger partial charge in [-0.25, -0.2) is 4.39 Å². The molecular weight excluding hydrogens is 324 g/mol. The molecule has 0 atom stereocenters. The van der Waals surface area contributed by atoms with Crippen LogP contribution in [0.1, 0.15) is 11.1 Å². The predicted molar refractivity (Wildman–Crippen MR) is 76.9 cm³/mol. The number of rotatable bonds is 3. The lowest BCUT2D eigenvalue weighted by atomic mass is 10.1. The fourth-order valence-electron chi connectivity index (χ4n) is 1.57. The van der Waals surface area contributed by atoms with E-state index in [2.05, 4.69) is 0 Å². The average molecular weight is 331 g/mol. The van der Waals surface area contributed by atoms with Gasteiger partial charge in [0.2, 0.25) is 0 Å². The van der Waals surface area contributed by atoms with Gasteiger partial charge in [-0.1, -0.05) is 40.9 Å². The maximum atomic E-state index is 13.2. The van der Waals surface area contributed by atoms with Crippen LogP contribution in [0.25, 0.3) is 0 Å². The molecule has 0 aliphatic heterocycles. The zero-order chi connectivity index (χ0) is 14.7. The van der Waals surface area contributed by atoms with Crippen LogP contribution in [0.2, 0.25) is 15.1 Å². The summed E-state index contributed by atoms with van der Waals surface area (Å²) in [4.78, 5) is 0. The van der Waals surface area contributed by atoms with Crippen molar-refractivity contribution in [3.63, 3.8) is 0 Å². The summed E-state index contributed by atoms with van der Waals surface area (Å²) in [5, 5.41) is 9.73. The van der Waals surface area contributed by atoms with E-state index in [-0.39, 0.29) is 22.2 Å². The van der Waals surface area contributed by atoms with E-state index in [1.807, 2.05) is 0 Å². The zero-order valence-corrected chi connectivity index (χ0v) is 12.2. The molecule has 0 heterocycles. The number of hydrogen-bond donors (Lipinski definition) is 0. The molecule has 2 rings (SSSR count). The minimum Gasteiger partial charge on any atom is -0.486 e. The third kappa shape index (κ3) is 3.34. The quantitative estimate of drug-likeness (QED) is 0.771. The first-order valence-electron chi connectivity index (χ1n) is 5.47. The van der Waals surface area contributed by atoms with Gasteiger partial charge in [0.1, 0.15) is 18.5 Å². The highest BCUT2D eigenvalue weighted by Gasteiger charge is 2.10. The second-order valence-corrected chi connectivity index (χ2v) is 5.16. The summed E-state index contributed by atoms with van der Waals surface area (Å²) in [5.41, 5.74) is 0.587. The molecule has 0 spiro atoms. The van der Waals surface area contributed by atoms with Crippen molar-refractivity contribution in [1.82, 2.24) is 0 Å². The lowest BCUT2D eigenvalue weighted by Gasteiger charge is -2.10. The molecule has 0 N–H and O–H groups in total. The predicted octanol–water partition coefficient (Wildman–Crippen LogP) is 5.24. The van der Waals surface area contributed by atoms with Gasteiger partial charge < -0.3 is 4.74 Å². The highest BCUT2D eigenvalue weighted by molar-refractivity contribution is 6.40. The van der Waals surface area contributed by atoms with E-state index in [9.17, 15) is 4.39 Å². The molecule has 20 heavy (non-hydrogen) atoms. The maximum Gasteiger partial charge on any atom is 0.157 e. The molecule has 0 amide bonds. The van der Waals surface area contributed by atoms with Crippen LogP contribution in [0, 0.1) is 17.1 Å². The van der Waals surface area contributed by atoms with Gasteiger partial charge in [0.15, 0.2) is 5.75 Å². The first kappa shape index (κ1) is 14.9. The van der Waals surface area contributed by atoms with Crippen molar-refractivity contribution in [2.75, 3.05) is 0 Å². The summed E-state index contributed by atoms with van der Waals surface area (Å²) in [7, 11) is 0. The van der Waals surface area contributed by atoms with E-state index in [1.54, 1.807) is 6.07 Å². The smallest absolute Gasteiger partial charge is 0.157 e. The molecule has 2 aromatic rings. The fourth-order valence-corrected chi connectivity index (χ4v) is 2.50. The molecule has 2 aromatic carbocycles. The summed E-state index contributed by atoms with van der Waals surface area (Å²) in [6.07, 6.45) is 0. The first-order chi connectivity index (χ1) is 9.51. The Morgan fingerprint density at radius 2 is 1.75 bits per heavy atom. The fraction of sp³-hybridized carbons (Fsp3) is 0.0714. The number of hydrogen-bond acceptors (Lipinski definition) is 2. The van der Waals surface area contributed by atoms with E-state index >= 15 is 0 Å². The van der Waals surface area contributed by atoms with E-state index < -0.39 is 5.82 Å². The van der Waals surface area contributed by atoms with Crippen molar-refractivity contribution >= 4 is 34.8 Å². The standard InChI is InChI=1S/C14H7Cl3FNO/c15-10-4-11(16)14(12(17)5-10)20-7-8-1-2-13(18)9(3-8)6-19/h1-5H,7H2. The summed E-state index contributed by atoms with van der Waals surface area (Å²) in [6, 6.07) is 8.93. The van der Waals surface area contributed by atoms with Crippen LogP contribution in [0.15, 0.2) is 30.3 Å². The van der Waals surface area contributed by atoms with Crippen molar-refractivity contribution in [3.8, 4) is 11.8 Å². The summed E-state index contributed by atoms with van der Waals surface area (Å²) >= 11 is 17.8. The molecule has 102 valence electrons. The molecule has 0 aromatic heterocycles. The van der Waals surface area contributed by atoms with Crippen LogP contribution in [0.3, 0.4) is 0 Å². The van der Waals surface area contributed by atoms with Crippen LogP contribution >= 0.6 is 34.8 Å². The molecule has 0 aliphatic carbocycles. The van der Waals surface area contributed by atoms with Gasteiger partial charge in [-0.05, 0) is 29.8 Å². The van der Waals surface area contributed by atoms with Crippen LogP contribution < -0.4 is 4.74 Å². The Kier molecular flexibility index (Phi) is 4.72. The number of benzene rings is 2. The van der Waals surface area contributed by atoms with Gasteiger partial charge in [-0.3, -0.25) is 0 Å². The molecular formula is C14H7Cl3FNO. The Morgan fingerprint density at radius 3 is 2.35 bits per heavy atom. The van der Waals surface area contributed by atoms with Crippen LogP contribution in [0.4, 0.5) is 4.39 Å². The van der Waals surface area contributed by atoms with Gasteiger partial charge in [0.05, 0.1) is 15.6 Å². The highest BCUT2D eigenvalue weighted by Crippen LogP contribution is 2.36. The average Bonchev–Trinajstić information content (AvgIpc) is 2.39. The van der Waals surface area contributed by atoms with Crippen molar-refractivity contribution in [2.45, 2.75) is 6.61 Å². The molecule has 0 aliphatic rings. The van der Waals surface area contributed by atoms with Crippen LogP contribution in [0.5, 0.6) is 5.75 Å². The minimum atomic E-state index is -0.571. The van der Waals surface area contributed by atoms with E-state index in [0.29, 0.717) is 16.3 Å². The van der Waals surface area contributed by atoms with Crippen molar-refractivity contribution < 1.29 is 9.13 Å². The number of nitrogens with zero attached hydrogens (tertiary/aromatic N) is 1. The van der Waals surface area contributed by atoms with Gasteiger partial charge in [-0.2, -0.15) is 5.26 Å². The second-order valence-electron chi connectivity index (χ2n) is 3.91. The van der Waals surface area contributed by atoms with Crippen molar-refractivity contribution in [1.29, 1.82) is 5.26 Å². The molecule has 0 saturated heterocycles. The van der Waals surface area contributed by atoms with Gasteiger partial charge in [0.25, 0.3) is 0 Å². The highest BCUT2D eigenvalue weighted by atomic mass is 35.5. The summed E-state index contributed by atoms with van der Waals surface area (Å²) in [6.45, 7) is 0.107. The molecule has 0 radical (unpaired) electrons. The van der Waals surface area contributed by atoms with E-state index in [4.69, 9.17) is 44.8 Å². The molecule has 0 unspecified atom stereocenters. The topological polar surface area (TPSA) is 33.0 Å². The molecule has 6 heteroatoms. The Labute approximate surface area is 130 Å². The Balaban J connectivity index is 2.20. The first-order valence-corrected chi connectivity index (χ1v) is 6.60. The van der Waals surface area contributed by atoms with E-state index in [0.717, 1.165) is 0 Å². The summed E-state index contributed by atoms with van der Waals surface area (Å²) < 4.78 is 18.7. The van der Waals surface area contributed by atoms with E-state index in [1.165, 1.54) is 30.3 Å². The van der Waals surface area contributed by atoms with Crippen LogP contribution in [-0.2, 0) is 6.61 Å². The van der Waals surface area contributed by atoms with Gasteiger partial charge in [0, 0.05) is 5.02 Å². The lowest BCUT2D eigenvalue weighted by molar-refractivity contribution is 0.306. The van der Waals surface area contributed by atoms with Gasteiger partial charge >= 0.3 is 0 Å². The maximum absolute atomic E-state index is 13.2.